The minimum atomic E-state index is -1.32. The molecule has 8 nitrogen and oxygen atoms in total. The van der Waals surface area contributed by atoms with Crippen LogP contribution in [0.5, 0.6) is 0 Å². The molecule has 6 rings (SSSR count). The summed E-state index contributed by atoms with van der Waals surface area (Å²) in [5, 5.41) is 11.4. The van der Waals surface area contributed by atoms with E-state index in [1.165, 1.54) is 6.07 Å². The van der Waals surface area contributed by atoms with Crippen molar-refractivity contribution in [2.45, 2.75) is 64.1 Å². The van der Waals surface area contributed by atoms with Crippen molar-refractivity contribution in [1.29, 1.82) is 0 Å². The summed E-state index contributed by atoms with van der Waals surface area (Å²) in [7, 11) is 1.75. The van der Waals surface area contributed by atoms with Gasteiger partial charge in [0.05, 0.1) is 24.1 Å². The van der Waals surface area contributed by atoms with Crippen LogP contribution >= 0.6 is 0 Å². The van der Waals surface area contributed by atoms with Gasteiger partial charge in [-0.1, -0.05) is 19.9 Å². The van der Waals surface area contributed by atoms with Gasteiger partial charge in [-0.15, -0.1) is 0 Å². The van der Waals surface area contributed by atoms with Gasteiger partial charge in [-0.2, -0.15) is 10.2 Å². The molecule has 1 aliphatic carbocycles. The van der Waals surface area contributed by atoms with E-state index in [1.807, 2.05) is 38.1 Å². The molecule has 0 saturated carbocycles. The SMILES string of the molecule is COCC1CCN(CCC(NC(=O)c2cc(F)c3nc4c(cc3c2)CC(F)(C(C)C)CC4)c2ccc(-c3ccnnc3)nc2)CC1. The maximum Gasteiger partial charge on any atom is 0.251 e. The normalized spacial score (nSPS) is 19.7. The number of carbonyl (C=O) groups excluding carboxylic acids is 1. The molecule has 1 saturated heterocycles. The Morgan fingerprint density at radius 2 is 1.96 bits per heavy atom. The lowest BCUT2D eigenvalue weighted by molar-refractivity contribution is 0.0821. The summed E-state index contributed by atoms with van der Waals surface area (Å²) >= 11 is 0. The number of alkyl halides is 1. The van der Waals surface area contributed by atoms with E-state index >= 15 is 8.78 Å². The van der Waals surface area contributed by atoms with Gasteiger partial charge < -0.3 is 15.0 Å². The van der Waals surface area contributed by atoms with Crippen LogP contribution in [-0.2, 0) is 17.6 Å². The van der Waals surface area contributed by atoms with Crippen LogP contribution in [0.15, 0.2) is 55.0 Å². The summed E-state index contributed by atoms with van der Waals surface area (Å²) < 4.78 is 36.4. The third-order valence-electron chi connectivity index (χ3n) is 9.82. The largest absolute Gasteiger partial charge is 0.384 e. The number of rotatable bonds is 10. The van der Waals surface area contributed by atoms with Crippen LogP contribution in [-0.4, -0.2) is 70.0 Å². The number of halogens is 2. The Kier molecular flexibility index (Phi) is 9.65. The Bertz CT molecular complexity index is 1660. The van der Waals surface area contributed by atoms with Crippen LogP contribution in [0.4, 0.5) is 8.78 Å². The first-order valence-electron chi connectivity index (χ1n) is 16.3. The smallest absolute Gasteiger partial charge is 0.251 e. The van der Waals surface area contributed by atoms with Crippen molar-refractivity contribution >= 4 is 16.8 Å². The van der Waals surface area contributed by atoms with Crippen molar-refractivity contribution in [3.8, 4) is 11.3 Å². The molecular weight excluding hydrogens is 586 g/mol. The van der Waals surface area contributed by atoms with Crippen molar-refractivity contribution in [1.82, 2.24) is 30.4 Å². The van der Waals surface area contributed by atoms with Gasteiger partial charge in [-0.3, -0.25) is 9.78 Å². The maximum atomic E-state index is 15.6. The monoisotopic (exact) mass is 628 g/mol. The lowest BCUT2D eigenvalue weighted by Crippen LogP contribution is -2.38. The predicted octanol–water partition coefficient (Wildman–Crippen LogP) is 6.30. The lowest BCUT2D eigenvalue weighted by Gasteiger charge is -2.34. The van der Waals surface area contributed by atoms with Crippen LogP contribution in [0, 0.1) is 17.7 Å². The third-order valence-corrected chi connectivity index (χ3v) is 9.82. The van der Waals surface area contributed by atoms with Gasteiger partial charge in [0, 0.05) is 55.1 Å². The molecule has 242 valence electrons. The molecule has 0 radical (unpaired) electrons. The quantitative estimate of drug-likeness (QED) is 0.220. The van der Waals surface area contributed by atoms with Crippen LogP contribution in [0.3, 0.4) is 0 Å². The highest BCUT2D eigenvalue weighted by Crippen LogP contribution is 2.38. The first-order chi connectivity index (χ1) is 22.2. The second kappa shape index (κ2) is 13.8. The van der Waals surface area contributed by atoms with Gasteiger partial charge >= 0.3 is 0 Å². The highest BCUT2D eigenvalue weighted by molar-refractivity contribution is 5.98. The Labute approximate surface area is 269 Å². The van der Waals surface area contributed by atoms with Crippen LogP contribution in [0.2, 0.25) is 0 Å². The molecule has 1 aromatic carbocycles. The number of benzene rings is 1. The van der Waals surface area contributed by atoms with E-state index in [2.05, 4.69) is 30.4 Å². The van der Waals surface area contributed by atoms with Gasteiger partial charge in [0.25, 0.3) is 5.91 Å². The van der Waals surface area contributed by atoms with Crippen LogP contribution in [0.25, 0.3) is 22.2 Å². The Balaban J connectivity index is 1.23. The number of hydrogen-bond acceptors (Lipinski definition) is 7. The Hall–Kier alpha value is -3.89. The zero-order valence-corrected chi connectivity index (χ0v) is 26.8. The number of nitrogens with zero attached hydrogens (tertiary/aromatic N) is 5. The summed E-state index contributed by atoms with van der Waals surface area (Å²) in [6.07, 6.45) is 8.97. The molecule has 0 bridgehead atoms. The fourth-order valence-corrected chi connectivity index (χ4v) is 6.76. The van der Waals surface area contributed by atoms with Crippen LogP contribution in [0.1, 0.15) is 72.8 Å². The second-order valence-electron chi connectivity index (χ2n) is 13.2. The molecule has 1 aliphatic heterocycles. The van der Waals surface area contributed by atoms with Crippen molar-refractivity contribution in [2.24, 2.45) is 11.8 Å². The zero-order valence-electron chi connectivity index (χ0n) is 26.8. The molecule has 46 heavy (non-hydrogen) atoms. The molecular formula is C36H42F2N6O2. The highest BCUT2D eigenvalue weighted by atomic mass is 19.1. The molecule has 1 amide bonds. The number of ether oxygens (including phenoxy) is 1. The molecule has 2 atom stereocenters. The first-order valence-corrected chi connectivity index (χ1v) is 16.3. The first kappa shape index (κ1) is 32.1. The predicted molar refractivity (Wildman–Crippen MR) is 174 cm³/mol. The number of aryl methyl sites for hydroxylation is 1. The molecule has 2 aliphatic rings. The zero-order chi connectivity index (χ0) is 32.3. The number of hydrogen-bond donors (Lipinski definition) is 1. The summed E-state index contributed by atoms with van der Waals surface area (Å²) in [6, 6.07) is 10.1. The Morgan fingerprint density at radius 3 is 2.65 bits per heavy atom. The summed E-state index contributed by atoms with van der Waals surface area (Å²) in [4.78, 5) is 25.4. The van der Waals surface area contributed by atoms with E-state index < -0.39 is 11.5 Å². The summed E-state index contributed by atoms with van der Waals surface area (Å²) in [5.41, 5.74) is 3.09. The van der Waals surface area contributed by atoms with Gasteiger partial charge in [0.15, 0.2) is 0 Å². The summed E-state index contributed by atoms with van der Waals surface area (Å²) in [6.45, 7) is 7.31. The lowest BCUT2D eigenvalue weighted by atomic mass is 9.77. The van der Waals surface area contributed by atoms with Crippen molar-refractivity contribution in [3.63, 3.8) is 0 Å². The minimum Gasteiger partial charge on any atom is -0.384 e. The number of fused-ring (bicyclic) bond motifs is 2. The molecule has 4 aromatic rings. The number of pyridine rings is 2. The van der Waals surface area contributed by atoms with E-state index in [0.717, 1.165) is 67.2 Å². The topological polar surface area (TPSA) is 93.1 Å². The number of methoxy groups -OCH3 is 1. The molecule has 0 spiro atoms. The maximum absolute atomic E-state index is 15.6. The van der Waals surface area contributed by atoms with E-state index in [1.54, 1.807) is 31.8 Å². The number of amides is 1. The molecule has 4 heterocycles. The number of nitrogens with one attached hydrogen (secondary N) is 1. The average Bonchev–Trinajstić information content (AvgIpc) is 3.07. The van der Waals surface area contributed by atoms with Gasteiger partial charge in [0.1, 0.15) is 17.0 Å². The highest BCUT2D eigenvalue weighted by Gasteiger charge is 2.38. The molecule has 10 heteroatoms. The summed E-state index contributed by atoms with van der Waals surface area (Å²) in [5.74, 6) is -0.500. The van der Waals surface area contributed by atoms with Gasteiger partial charge in [0.2, 0.25) is 0 Å². The number of piperidine rings is 1. The fraction of sp³-hybridized carbons (Fsp3) is 0.472. The van der Waals surface area contributed by atoms with E-state index in [4.69, 9.17) is 4.74 Å². The van der Waals surface area contributed by atoms with Crippen molar-refractivity contribution in [2.75, 3.05) is 33.4 Å². The van der Waals surface area contributed by atoms with Crippen LogP contribution < -0.4 is 5.32 Å². The molecule has 1 N–H and O–H groups in total. The van der Waals surface area contributed by atoms with Gasteiger partial charge in [-0.05, 0) is 98.5 Å². The standard InChI is InChI=1S/C36H42F2N6O2/c1-23(2)36(38)11-6-32-29(19-36)17-27-16-28(18-30(37)34(27)42-32)35(45)43-33(10-15-44-13-8-24(9-14-44)22-46-3)25-4-5-31(39-20-25)26-7-12-40-41-21-26/h4-5,7,12,16-18,20-21,23-24,33H,6,8-11,13-15,19,22H2,1-3H3,(H,43,45). The van der Waals surface area contributed by atoms with Crippen molar-refractivity contribution in [3.05, 3.63) is 83.2 Å². The van der Waals surface area contributed by atoms with Gasteiger partial charge in [-0.25, -0.2) is 13.8 Å². The average molecular weight is 629 g/mol. The second-order valence-corrected chi connectivity index (χ2v) is 13.2. The minimum absolute atomic E-state index is 0.135. The van der Waals surface area contributed by atoms with E-state index in [0.29, 0.717) is 30.6 Å². The number of carbonyl (C=O) groups is 1. The molecule has 1 fully saturated rings. The number of aromatic nitrogens is 4. The molecule has 3 aromatic heterocycles. The van der Waals surface area contributed by atoms with E-state index in [-0.39, 0.29) is 35.4 Å². The third kappa shape index (κ3) is 7.08. The Morgan fingerprint density at radius 1 is 1.13 bits per heavy atom. The number of likely N-dealkylation sites (tertiary alicyclic amines) is 1. The van der Waals surface area contributed by atoms with Crippen molar-refractivity contribution < 1.29 is 18.3 Å². The fourth-order valence-electron chi connectivity index (χ4n) is 6.76. The van der Waals surface area contributed by atoms with E-state index in [9.17, 15) is 4.79 Å². The molecule has 2 unspecified atom stereocenters.